The van der Waals surface area contributed by atoms with Crippen LogP contribution in [0.1, 0.15) is 0 Å². The van der Waals surface area contributed by atoms with E-state index in [4.69, 9.17) is 9.47 Å². The summed E-state index contributed by atoms with van der Waals surface area (Å²) in [5, 5.41) is 0. The Hall–Kier alpha value is -0.590. The average molecular weight is 449 g/mol. The standard InChI is InChI=1S/C6H15N3O14S3/c1-16-6-5(20-26(14,15)23-9)4(19-25(12,13)22-8)3(2-17-6)18-24(10,11)21-7/h3-6H,2,7-9H2,1H3/t3-,4+,5-,6-/m1/s1. The van der Waals surface area contributed by atoms with Crippen molar-refractivity contribution in [3.63, 3.8) is 0 Å². The lowest BCUT2D eigenvalue weighted by molar-refractivity contribution is -0.247. The van der Waals surface area contributed by atoms with Gasteiger partial charge in [-0.25, -0.2) is 12.5 Å². The molecule has 1 heterocycles. The molecular formula is C6H15N3O14S3. The van der Waals surface area contributed by atoms with Gasteiger partial charge in [-0.15, -0.1) is 0 Å². The van der Waals surface area contributed by atoms with E-state index in [0.29, 0.717) is 0 Å². The molecular weight excluding hydrogens is 434 g/mol. The van der Waals surface area contributed by atoms with E-state index in [1.165, 1.54) is 0 Å². The van der Waals surface area contributed by atoms with E-state index < -0.39 is 62.4 Å². The summed E-state index contributed by atoms with van der Waals surface area (Å²) in [4.78, 5) is 0. The molecule has 20 heteroatoms. The summed E-state index contributed by atoms with van der Waals surface area (Å²) in [5.41, 5.74) is 0. The Kier molecular flexibility index (Phi) is 8.18. The Labute approximate surface area is 147 Å². The molecule has 0 spiro atoms. The van der Waals surface area contributed by atoms with Crippen LogP contribution in [0.5, 0.6) is 0 Å². The molecule has 156 valence electrons. The molecule has 0 amide bonds. The summed E-state index contributed by atoms with van der Waals surface area (Å²) in [7, 11) is -13.7. The minimum atomic E-state index is -4.97. The summed E-state index contributed by atoms with van der Waals surface area (Å²) < 4.78 is 102. The van der Waals surface area contributed by atoms with Crippen molar-refractivity contribution < 1.29 is 60.1 Å². The topological polar surface area (TPSA) is 254 Å². The third-order valence-electron chi connectivity index (χ3n) is 2.67. The Morgan fingerprint density at radius 2 is 1.19 bits per heavy atom. The first-order chi connectivity index (χ1) is 11.9. The quantitative estimate of drug-likeness (QED) is 0.266. The van der Waals surface area contributed by atoms with E-state index >= 15 is 0 Å². The van der Waals surface area contributed by atoms with Crippen LogP contribution in [0.25, 0.3) is 0 Å². The van der Waals surface area contributed by atoms with Crippen molar-refractivity contribution in [3.05, 3.63) is 0 Å². The second kappa shape index (κ2) is 9.07. The third kappa shape index (κ3) is 6.54. The third-order valence-corrected chi connectivity index (χ3v) is 4.77. The molecule has 0 unspecified atom stereocenters. The Morgan fingerprint density at radius 3 is 1.62 bits per heavy atom. The minimum absolute atomic E-state index is 0.713. The van der Waals surface area contributed by atoms with E-state index in [9.17, 15) is 25.3 Å². The fraction of sp³-hybridized carbons (Fsp3) is 1.00. The van der Waals surface area contributed by atoms with Crippen molar-refractivity contribution in [3.8, 4) is 0 Å². The van der Waals surface area contributed by atoms with Crippen LogP contribution in [0.2, 0.25) is 0 Å². The molecule has 17 nitrogen and oxygen atoms in total. The van der Waals surface area contributed by atoms with Crippen LogP contribution in [0.3, 0.4) is 0 Å². The minimum Gasteiger partial charge on any atom is -0.353 e. The normalized spacial score (nSPS) is 28.2. The van der Waals surface area contributed by atoms with Crippen LogP contribution >= 0.6 is 0 Å². The zero-order valence-corrected chi connectivity index (χ0v) is 15.1. The summed E-state index contributed by atoms with van der Waals surface area (Å²) >= 11 is 0. The van der Waals surface area contributed by atoms with Gasteiger partial charge in [0.1, 0.15) is 12.2 Å². The Morgan fingerprint density at radius 1 is 0.769 bits per heavy atom. The fourth-order valence-corrected chi connectivity index (χ4v) is 3.32. The molecule has 1 saturated heterocycles. The number of hydrogen-bond donors (Lipinski definition) is 3. The lowest BCUT2D eigenvalue weighted by atomic mass is 10.1. The first kappa shape index (κ1) is 23.4. The second-order valence-electron chi connectivity index (χ2n) is 4.21. The Balaban J connectivity index is 3.30. The molecule has 0 aliphatic carbocycles. The number of methoxy groups -OCH3 is 1. The summed E-state index contributed by atoms with van der Waals surface area (Å²) in [6.45, 7) is -0.713. The second-order valence-corrected chi connectivity index (χ2v) is 7.81. The number of nitrogens with two attached hydrogens (primary N) is 3. The van der Waals surface area contributed by atoms with E-state index in [1.54, 1.807) is 0 Å². The van der Waals surface area contributed by atoms with E-state index in [2.05, 4.69) is 43.1 Å². The van der Waals surface area contributed by atoms with Crippen molar-refractivity contribution in [2.75, 3.05) is 13.7 Å². The zero-order valence-electron chi connectivity index (χ0n) is 12.7. The van der Waals surface area contributed by atoms with Gasteiger partial charge in [0.05, 0.1) is 6.61 Å². The molecule has 1 aliphatic rings. The summed E-state index contributed by atoms with van der Waals surface area (Å²) in [6, 6.07) is 0. The first-order valence-corrected chi connectivity index (χ1v) is 9.99. The molecule has 0 aromatic heterocycles. The van der Waals surface area contributed by atoms with Gasteiger partial charge in [0, 0.05) is 7.11 Å². The van der Waals surface area contributed by atoms with Gasteiger partial charge in [-0.1, -0.05) is 0 Å². The highest BCUT2D eigenvalue weighted by atomic mass is 32.3. The van der Waals surface area contributed by atoms with Gasteiger partial charge in [0.15, 0.2) is 12.4 Å². The summed E-state index contributed by atoms with van der Waals surface area (Å²) in [5.74, 6) is 13.5. The number of hydrogen-bond acceptors (Lipinski definition) is 17. The van der Waals surface area contributed by atoms with Crippen LogP contribution in [-0.4, -0.2) is 63.6 Å². The maximum Gasteiger partial charge on any atom is 0.416 e. The summed E-state index contributed by atoms with van der Waals surface area (Å²) in [6.07, 6.45) is -7.60. The number of ether oxygens (including phenoxy) is 2. The van der Waals surface area contributed by atoms with E-state index in [1.807, 2.05) is 0 Å². The van der Waals surface area contributed by atoms with Crippen molar-refractivity contribution in [1.82, 2.24) is 0 Å². The average Bonchev–Trinajstić information content (AvgIpc) is 2.57. The van der Waals surface area contributed by atoms with Gasteiger partial charge < -0.3 is 9.47 Å². The molecule has 0 radical (unpaired) electrons. The molecule has 1 aliphatic heterocycles. The maximum absolute atomic E-state index is 11.5. The molecule has 1 fully saturated rings. The van der Waals surface area contributed by atoms with Gasteiger partial charge in [-0.2, -0.15) is 55.8 Å². The molecule has 1 rings (SSSR count). The van der Waals surface area contributed by atoms with Crippen molar-refractivity contribution >= 4 is 31.2 Å². The van der Waals surface area contributed by atoms with Gasteiger partial charge in [-0.3, -0.25) is 0 Å². The van der Waals surface area contributed by atoms with E-state index in [-0.39, 0.29) is 0 Å². The van der Waals surface area contributed by atoms with Crippen molar-refractivity contribution in [2.45, 2.75) is 24.6 Å². The lowest BCUT2D eigenvalue weighted by Crippen LogP contribution is -2.58. The van der Waals surface area contributed by atoms with Gasteiger partial charge >= 0.3 is 31.2 Å². The van der Waals surface area contributed by atoms with Crippen LogP contribution in [0, 0.1) is 0 Å². The van der Waals surface area contributed by atoms with Gasteiger partial charge in [0.2, 0.25) is 0 Å². The Bertz CT molecular complexity index is 764. The molecule has 0 bridgehead atoms. The van der Waals surface area contributed by atoms with Crippen molar-refractivity contribution in [1.29, 1.82) is 0 Å². The monoisotopic (exact) mass is 449 g/mol. The van der Waals surface area contributed by atoms with Crippen molar-refractivity contribution in [2.24, 2.45) is 17.7 Å². The molecule has 0 saturated carbocycles. The SMILES string of the molecule is CO[C@@H]1OC[C@@H](OS(=O)(=O)ON)[C@H](OS(=O)(=O)ON)[C@H]1OS(=O)(=O)ON. The lowest BCUT2D eigenvalue weighted by Gasteiger charge is -2.38. The predicted molar refractivity (Wildman–Crippen MR) is 73.9 cm³/mol. The molecule has 26 heavy (non-hydrogen) atoms. The smallest absolute Gasteiger partial charge is 0.353 e. The highest BCUT2D eigenvalue weighted by molar-refractivity contribution is 7.82. The molecule has 4 atom stereocenters. The highest BCUT2D eigenvalue weighted by Crippen LogP contribution is 2.28. The predicted octanol–water partition coefficient (Wildman–Crippen LogP) is -4.45. The molecule has 6 N–H and O–H groups in total. The van der Waals surface area contributed by atoms with Gasteiger partial charge in [-0.05, 0) is 0 Å². The largest absolute Gasteiger partial charge is 0.416 e. The van der Waals surface area contributed by atoms with Gasteiger partial charge in [0.25, 0.3) is 0 Å². The van der Waals surface area contributed by atoms with Crippen LogP contribution < -0.4 is 17.7 Å². The molecule has 0 aromatic rings. The fourth-order valence-electron chi connectivity index (χ4n) is 1.74. The maximum atomic E-state index is 11.5. The number of rotatable bonds is 10. The van der Waals surface area contributed by atoms with Crippen LogP contribution in [0.4, 0.5) is 0 Å². The molecule has 0 aromatic carbocycles. The zero-order chi connectivity index (χ0) is 20.2. The first-order valence-electron chi connectivity index (χ1n) is 5.99. The van der Waals surface area contributed by atoms with Crippen LogP contribution in [-0.2, 0) is 66.1 Å². The van der Waals surface area contributed by atoms with E-state index in [0.717, 1.165) is 7.11 Å². The highest BCUT2D eigenvalue weighted by Gasteiger charge is 2.50. The van der Waals surface area contributed by atoms with Crippen LogP contribution in [0.15, 0.2) is 0 Å².